The Morgan fingerprint density at radius 1 is 1.62 bits per heavy atom. The fraction of sp³-hybridized carbons (Fsp3) is 0.750. The number of amides is 1. The smallest absolute Gasteiger partial charge is 0.325 e. The maximum atomic E-state index is 11.3. The molecular formula is C8H13NO4. The summed E-state index contributed by atoms with van der Waals surface area (Å²) in [4.78, 5) is 21.7. The average molecular weight is 187 g/mol. The van der Waals surface area contributed by atoms with E-state index in [4.69, 9.17) is 9.84 Å². The van der Waals surface area contributed by atoms with Crippen molar-refractivity contribution in [1.82, 2.24) is 5.32 Å². The minimum absolute atomic E-state index is 0.326. The van der Waals surface area contributed by atoms with Gasteiger partial charge in [-0.05, 0) is 19.8 Å². The van der Waals surface area contributed by atoms with Crippen molar-refractivity contribution < 1.29 is 19.4 Å². The molecule has 13 heavy (non-hydrogen) atoms. The number of carboxylic acids is 1. The lowest BCUT2D eigenvalue weighted by atomic mass is 10.2. The lowest BCUT2D eigenvalue weighted by Gasteiger charge is -2.12. The molecule has 0 bridgehead atoms. The minimum atomic E-state index is -1.04. The number of carbonyl (C=O) groups excluding carboxylic acids is 1. The van der Waals surface area contributed by atoms with Gasteiger partial charge in [0.05, 0.1) is 0 Å². The van der Waals surface area contributed by atoms with Crippen molar-refractivity contribution in [2.24, 2.45) is 0 Å². The van der Waals surface area contributed by atoms with Crippen LogP contribution in [0.1, 0.15) is 19.8 Å². The number of carbonyl (C=O) groups is 2. The van der Waals surface area contributed by atoms with Gasteiger partial charge < -0.3 is 15.2 Å². The van der Waals surface area contributed by atoms with E-state index in [0.717, 1.165) is 6.42 Å². The molecule has 1 heterocycles. The van der Waals surface area contributed by atoms with Crippen LogP contribution in [0.3, 0.4) is 0 Å². The van der Waals surface area contributed by atoms with Gasteiger partial charge in [-0.2, -0.15) is 0 Å². The summed E-state index contributed by atoms with van der Waals surface area (Å²) in [6.07, 6.45) is 1.08. The predicted molar refractivity (Wildman–Crippen MR) is 44.2 cm³/mol. The van der Waals surface area contributed by atoms with Gasteiger partial charge in [-0.1, -0.05) is 0 Å². The number of hydrogen-bond donors (Lipinski definition) is 2. The van der Waals surface area contributed by atoms with Crippen molar-refractivity contribution in [2.45, 2.75) is 31.9 Å². The van der Waals surface area contributed by atoms with E-state index in [0.29, 0.717) is 13.0 Å². The Bertz CT molecular complexity index is 210. The topological polar surface area (TPSA) is 75.6 Å². The predicted octanol–water partition coefficient (Wildman–Crippen LogP) is -0.245. The molecule has 1 amide bonds. The fourth-order valence-corrected chi connectivity index (χ4v) is 1.15. The zero-order chi connectivity index (χ0) is 9.84. The van der Waals surface area contributed by atoms with Crippen molar-refractivity contribution in [3.63, 3.8) is 0 Å². The largest absolute Gasteiger partial charge is 0.480 e. The molecule has 0 saturated carbocycles. The zero-order valence-electron chi connectivity index (χ0n) is 7.45. The van der Waals surface area contributed by atoms with Gasteiger partial charge in [-0.3, -0.25) is 9.59 Å². The van der Waals surface area contributed by atoms with Crippen LogP contribution in [0, 0.1) is 0 Å². The van der Waals surface area contributed by atoms with E-state index >= 15 is 0 Å². The van der Waals surface area contributed by atoms with E-state index in [1.54, 1.807) is 0 Å². The third-order valence-corrected chi connectivity index (χ3v) is 1.95. The molecule has 5 heteroatoms. The monoisotopic (exact) mass is 187 g/mol. The van der Waals surface area contributed by atoms with Crippen molar-refractivity contribution >= 4 is 11.9 Å². The van der Waals surface area contributed by atoms with E-state index in [2.05, 4.69) is 5.32 Å². The number of nitrogens with one attached hydrogen (secondary N) is 1. The molecule has 0 aromatic rings. The summed E-state index contributed by atoms with van der Waals surface area (Å²) < 4.78 is 5.09. The quantitative estimate of drug-likeness (QED) is 0.639. The van der Waals surface area contributed by atoms with Crippen LogP contribution in [-0.4, -0.2) is 35.7 Å². The Labute approximate surface area is 76.1 Å². The lowest BCUT2D eigenvalue weighted by molar-refractivity contribution is -0.143. The summed E-state index contributed by atoms with van der Waals surface area (Å²) in [7, 11) is 0. The third-order valence-electron chi connectivity index (χ3n) is 1.95. The zero-order valence-corrected chi connectivity index (χ0v) is 7.45. The second kappa shape index (κ2) is 4.23. The highest BCUT2D eigenvalue weighted by molar-refractivity contribution is 5.86. The first-order valence-electron chi connectivity index (χ1n) is 4.26. The van der Waals surface area contributed by atoms with Crippen LogP contribution in [-0.2, 0) is 14.3 Å². The Kier molecular flexibility index (Phi) is 3.25. The van der Waals surface area contributed by atoms with Crippen molar-refractivity contribution in [2.75, 3.05) is 6.61 Å². The van der Waals surface area contributed by atoms with Gasteiger partial charge in [0.15, 0.2) is 0 Å². The number of hydrogen-bond acceptors (Lipinski definition) is 3. The molecule has 0 aliphatic carbocycles. The molecule has 1 aliphatic heterocycles. The molecular weight excluding hydrogens is 174 g/mol. The SMILES string of the molecule is CC(NC(=O)C1CCCO1)C(=O)O. The first-order valence-corrected chi connectivity index (χ1v) is 4.26. The van der Waals surface area contributed by atoms with Gasteiger partial charge in [-0.25, -0.2) is 0 Å². The second-order valence-electron chi connectivity index (χ2n) is 3.07. The molecule has 1 fully saturated rings. The Morgan fingerprint density at radius 2 is 2.31 bits per heavy atom. The standard InChI is InChI=1S/C8H13NO4/c1-5(8(11)12)9-7(10)6-3-2-4-13-6/h5-6H,2-4H2,1H3,(H,9,10)(H,11,12). The Hall–Kier alpha value is -1.10. The van der Waals surface area contributed by atoms with E-state index < -0.39 is 18.1 Å². The summed E-state index contributed by atoms with van der Waals surface area (Å²) in [6, 6.07) is -0.850. The van der Waals surface area contributed by atoms with E-state index in [1.807, 2.05) is 0 Å². The fourth-order valence-electron chi connectivity index (χ4n) is 1.15. The van der Waals surface area contributed by atoms with Gasteiger partial charge in [0.25, 0.3) is 0 Å². The summed E-state index contributed by atoms with van der Waals surface area (Å²) >= 11 is 0. The van der Waals surface area contributed by atoms with Crippen LogP contribution in [0.2, 0.25) is 0 Å². The second-order valence-corrected chi connectivity index (χ2v) is 3.07. The van der Waals surface area contributed by atoms with Crippen molar-refractivity contribution in [3.05, 3.63) is 0 Å². The number of rotatable bonds is 3. The van der Waals surface area contributed by atoms with Crippen molar-refractivity contribution in [3.8, 4) is 0 Å². The summed E-state index contributed by atoms with van der Waals surface area (Å²) in [6.45, 7) is 2.01. The highest BCUT2D eigenvalue weighted by Gasteiger charge is 2.25. The molecule has 2 unspecified atom stereocenters. The van der Waals surface area contributed by atoms with Crippen LogP contribution in [0.5, 0.6) is 0 Å². The highest BCUT2D eigenvalue weighted by atomic mass is 16.5. The Morgan fingerprint density at radius 3 is 2.77 bits per heavy atom. The van der Waals surface area contributed by atoms with Crippen LogP contribution >= 0.6 is 0 Å². The molecule has 74 valence electrons. The minimum Gasteiger partial charge on any atom is -0.480 e. The molecule has 1 saturated heterocycles. The van der Waals surface area contributed by atoms with Gasteiger partial charge in [0.2, 0.25) is 5.91 Å². The third kappa shape index (κ3) is 2.69. The Balaban J connectivity index is 2.35. The van der Waals surface area contributed by atoms with Crippen LogP contribution in [0.25, 0.3) is 0 Å². The van der Waals surface area contributed by atoms with Crippen LogP contribution in [0.15, 0.2) is 0 Å². The van der Waals surface area contributed by atoms with E-state index in [9.17, 15) is 9.59 Å². The van der Waals surface area contributed by atoms with E-state index in [-0.39, 0.29) is 5.91 Å². The van der Waals surface area contributed by atoms with Gasteiger partial charge in [-0.15, -0.1) is 0 Å². The van der Waals surface area contributed by atoms with Crippen LogP contribution in [0.4, 0.5) is 0 Å². The molecule has 1 rings (SSSR count). The highest BCUT2D eigenvalue weighted by Crippen LogP contribution is 2.11. The van der Waals surface area contributed by atoms with E-state index in [1.165, 1.54) is 6.92 Å². The first-order chi connectivity index (χ1) is 6.11. The van der Waals surface area contributed by atoms with Gasteiger partial charge in [0, 0.05) is 6.61 Å². The van der Waals surface area contributed by atoms with Gasteiger partial charge in [0.1, 0.15) is 12.1 Å². The number of carboxylic acid groups (broad SMARTS) is 1. The molecule has 2 atom stereocenters. The molecule has 0 spiro atoms. The summed E-state index contributed by atoms with van der Waals surface area (Å²) in [5, 5.41) is 10.9. The van der Waals surface area contributed by atoms with Crippen molar-refractivity contribution in [1.29, 1.82) is 0 Å². The lowest BCUT2D eigenvalue weighted by Crippen LogP contribution is -2.43. The van der Waals surface area contributed by atoms with Crippen LogP contribution < -0.4 is 5.32 Å². The molecule has 1 aliphatic rings. The maximum Gasteiger partial charge on any atom is 0.325 e. The molecule has 0 aromatic carbocycles. The maximum absolute atomic E-state index is 11.3. The molecule has 2 N–H and O–H groups in total. The first kappa shape index (κ1) is 9.98. The average Bonchev–Trinajstić information content (AvgIpc) is 2.55. The summed E-state index contributed by atoms with van der Waals surface area (Å²) in [5.74, 6) is -1.36. The molecule has 0 radical (unpaired) electrons. The molecule has 0 aromatic heterocycles. The summed E-state index contributed by atoms with van der Waals surface area (Å²) in [5.41, 5.74) is 0. The van der Waals surface area contributed by atoms with Gasteiger partial charge >= 0.3 is 5.97 Å². The molecule has 5 nitrogen and oxygen atoms in total. The number of aliphatic carboxylic acids is 1. The normalized spacial score (nSPS) is 23.9. The number of ether oxygens (including phenoxy) is 1.